The summed E-state index contributed by atoms with van der Waals surface area (Å²) in [5.41, 5.74) is 5.93. The molecule has 0 radical (unpaired) electrons. The predicted octanol–water partition coefficient (Wildman–Crippen LogP) is 3.18. The first kappa shape index (κ1) is 15.2. The van der Waals surface area contributed by atoms with Crippen LogP contribution in [0, 0.1) is 0 Å². The summed E-state index contributed by atoms with van der Waals surface area (Å²) >= 11 is 16.6. The molecule has 6 heteroatoms. The molecule has 3 N–H and O–H groups in total. The number of nitrogens with two attached hydrogens (primary N) is 1. The van der Waals surface area contributed by atoms with Gasteiger partial charge in [-0.2, -0.15) is 0 Å². The fourth-order valence-corrected chi connectivity index (χ4v) is 2.15. The Bertz CT molecular complexity index is 465. The summed E-state index contributed by atoms with van der Waals surface area (Å²) in [4.78, 5) is 12.3. The van der Waals surface area contributed by atoms with E-state index in [2.05, 4.69) is 5.32 Å². The highest BCUT2D eigenvalue weighted by molar-refractivity contribution is 7.80. The van der Waals surface area contributed by atoms with Crippen molar-refractivity contribution in [3.05, 3.63) is 33.8 Å². The van der Waals surface area contributed by atoms with Crippen molar-refractivity contribution in [3.63, 3.8) is 0 Å². The second-order valence-electron chi connectivity index (χ2n) is 3.84. The number of amides is 1. The quantitative estimate of drug-likeness (QED) is 0.822. The lowest BCUT2D eigenvalue weighted by Gasteiger charge is -2.17. The van der Waals surface area contributed by atoms with Crippen molar-refractivity contribution in [1.29, 1.82) is 0 Å². The van der Waals surface area contributed by atoms with Gasteiger partial charge in [0.25, 0.3) is 5.91 Å². The Morgan fingerprint density at radius 1 is 1.50 bits per heavy atom. The molecule has 0 aliphatic heterocycles. The van der Waals surface area contributed by atoms with Gasteiger partial charge in [-0.25, -0.2) is 0 Å². The van der Waals surface area contributed by atoms with Gasteiger partial charge in [-0.1, -0.05) is 48.8 Å². The lowest BCUT2D eigenvalue weighted by molar-refractivity contribution is 0.0946. The number of benzene rings is 1. The Morgan fingerprint density at radius 2 is 2.17 bits per heavy atom. The monoisotopic (exact) mass is 304 g/mol. The molecule has 0 fully saturated rings. The smallest absolute Gasteiger partial charge is 0.253 e. The number of thiocarbonyl (C=S) groups is 1. The average Bonchev–Trinajstić information content (AvgIpc) is 2.27. The lowest BCUT2D eigenvalue weighted by Crippen LogP contribution is -2.43. The fourth-order valence-electron chi connectivity index (χ4n) is 1.48. The van der Waals surface area contributed by atoms with Crippen molar-refractivity contribution in [2.24, 2.45) is 5.73 Å². The zero-order valence-corrected chi connectivity index (χ0v) is 12.2. The summed E-state index contributed by atoms with van der Waals surface area (Å²) in [6, 6.07) is 4.39. The molecule has 0 aliphatic rings. The largest absolute Gasteiger partial charge is 0.392 e. The van der Waals surface area contributed by atoms with Crippen LogP contribution in [0.4, 0.5) is 0 Å². The number of nitrogens with one attached hydrogen (secondary N) is 1. The molecule has 0 saturated heterocycles. The molecule has 1 aromatic carbocycles. The minimum atomic E-state index is -0.316. The molecule has 0 saturated carbocycles. The third-order valence-electron chi connectivity index (χ3n) is 2.40. The minimum absolute atomic E-state index is 0.273. The summed E-state index contributed by atoms with van der Waals surface area (Å²) < 4.78 is 0. The van der Waals surface area contributed by atoms with Crippen LogP contribution in [0.15, 0.2) is 18.2 Å². The summed E-state index contributed by atoms with van der Waals surface area (Å²) in [6.45, 7) is 1.99. The molecule has 0 aromatic heterocycles. The van der Waals surface area contributed by atoms with Gasteiger partial charge in [0, 0.05) is 5.02 Å². The molecule has 3 nitrogen and oxygen atoms in total. The van der Waals surface area contributed by atoms with Gasteiger partial charge in [0.2, 0.25) is 0 Å². The molecule has 0 aliphatic carbocycles. The van der Waals surface area contributed by atoms with E-state index in [1.165, 1.54) is 6.07 Å². The zero-order valence-electron chi connectivity index (χ0n) is 9.87. The molecule has 1 atom stereocenters. The normalized spacial score (nSPS) is 11.9. The topological polar surface area (TPSA) is 55.1 Å². The molecule has 1 unspecified atom stereocenters. The van der Waals surface area contributed by atoms with Crippen molar-refractivity contribution >= 4 is 46.3 Å². The van der Waals surface area contributed by atoms with E-state index >= 15 is 0 Å². The van der Waals surface area contributed by atoms with Crippen LogP contribution < -0.4 is 11.1 Å². The van der Waals surface area contributed by atoms with Crippen LogP contribution >= 0.6 is 35.4 Å². The summed E-state index contributed by atoms with van der Waals surface area (Å²) in [6.07, 6.45) is 1.57. The third kappa shape index (κ3) is 4.12. The van der Waals surface area contributed by atoms with Crippen LogP contribution in [0.3, 0.4) is 0 Å². The van der Waals surface area contributed by atoms with Crippen molar-refractivity contribution in [2.45, 2.75) is 25.8 Å². The van der Waals surface area contributed by atoms with Gasteiger partial charge in [0.05, 0.1) is 21.6 Å². The third-order valence-corrected chi connectivity index (χ3v) is 3.23. The van der Waals surface area contributed by atoms with Crippen LogP contribution in [-0.4, -0.2) is 16.9 Å². The van der Waals surface area contributed by atoms with E-state index in [1.54, 1.807) is 12.1 Å². The molecule has 18 heavy (non-hydrogen) atoms. The first-order valence-corrected chi connectivity index (χ1v) is 6.67. The standard InChI is InChI=1S/C12H14Cl2N2OS/c1-2-3-10(11(15)18)16-12(17)8-5-4-7(13)6-9(8)14/h4-6,10H,2-3H2,1H3,(H2,15,18)(H,16,17). The van der Waals surface area contributed by atoms with E-state index in [9.17, 15) is 4.79 Å². The van der Waals surface area contributed by atoms with Crippen molar-refractivity contribution in [3.8, 4) is 0 Å². The van der Waals surface area contributed by atoms with Crippen LogP contribution in [-0.2, 0) is 0 Å². The zero-order chi connectivity index (χ0) is 13.7. The molecule has 0 spiro atoms. The highest BCUT2D eigenvalue weighted by Crippen LogP contribution is 2.21. The van der Waals surface area contributed by atoms with Gasteiger partial charge in [0.15, 0.2) is 0 Å². The number of hydrogen-bond acceptors (Lipinski definition) is 2. The highest BCUT2D eigenvalue weighted by Gasteiger charge is 2.17. The van der Waals surface area contributed by atoms with Crippen LogP contribution in [0.2, 0.25) is 10.0 Å². The predicted molar refractivity (Wildman–Crippen MR) is 79.4 cm³/mol. The highest BCUT2D eigenvalue weighted by atomic mass is 35.5. The molecule has 0 bridgehead atoms. The fraction of sp³-hybridized carbons (Fsp3) is 0.333. The summed E-state index contributed by atoms with van der Waals surface area (Å²) in [7, 11) is 0. The minimum Gasteiger partial charge on any atom is -0.392 e. The number of carbonyl (C=O) groups is 1. The second-order valence-corrected chi connectivity index (χ2v) is 5.16. The number of hydrogen-bond donors (Lipinski definition) is 2. The Kier molecular flexibility index (Phi) is 5.85. The van der Waals surface area contributed by atoms with E-state index in [0.29, 0.717) is 22.0 Å². The van der Waals surface area contributed by atoms with E-state index in [4.69, 9.17) is 41.2 Å². The van der Waals surface area contributed by atoms with Gasteiger partial charge in [-0.3, -0.25) is 4.79 Å². The van der Waals surface area contributed by atoms with Gasteiger partial charge in [-0.05, 0) is 24.6 Å². The maximum absolute atomic E-state index is 12.0. The Balaban J connectivity index is 2.83. The van der Waals surface area contributed by atoms with Crippen LogP contribution in [0.25, 0.3) is 0 Å². The molecule has 0 heterocycles. The summed E-state index contributed by atoms with van der Waals surface area (Å²) in [5.74, 6) is -0.303. The van der Waals surface area contributed by atoms with Gasteiger partial charge in [0.1, 0.15) is 0 Å². The molecular weight excluding hydrogens is 291 g/mol. The first-order valence-electron chi connectivity index (χ1n) is 5.51. The maximum atomic E-state index is 12.0. The Morgan fingerprint density at radius 3 is 2.67 bits per heavy atom. The first-order chi connectivity index (χ1) is 8.45. The maximum Gasteiger partial charge on any atom is 0.253 e. The van der Waals surface area contributed by atoms with Crippen molar-refractivity contribution in [2.75, 3.05) is 0 Å². The van der Waals surface area contributed by atoms with Crippen molar-refractivity contribution in [1.82, 2.24) is 5.32 Å². The van der Waals surface area contributed by atoms with E-state index in [1.807, 2.05) is 6.92 Å². The van der Waals surface area contributed by atoms with E-state index in [-0.39, 0.29) is 16.9 Å². The Hall–Kier alpha value is -0.840. The molecular formula is C12H14Cl2N2OS. The van der Waals surface area contributed by atoms with Crippen molar-refractivity contribution < 1.29 is 4.79 Å². The van der Waals surface area contributed by atoms with E-state index in [0.717, 1.165) is 6.42 Å². The Labute approximate surface area is 122 Å². The lowest BCUT2D eigenvalue weighted by atomic mass is 10.1. The molecule has 1 amide bonds. The summed E-state index contributed by atoms with van der Waals surface area (Å²) in [5, 5.41) is 3.55. The van der Waals surface area contributed by atoms with E-state index < -0.39 is 0 Å². The molecule has 1 rings (SSSR count). The van der Waals surface area contributed by atoms with Crippen LogP contribution in [0.1, 0.15) is 30.1 Å². The number of rotatable bonds is 5. The second kappa shape index (κ2) is 6.92. The number of carbonyl (C=O) groups excluding carboxylic acids is 1. The van der Waals surface area contributed by atoms with Gasteiger partial charge in [-0.15, -0.1) is 0 Å². The molecule has 1 aromatic rings. The number of halogens is 2. The molecule has 98 valence electrons. The SMILES string of the molecule is CCCC(NC(=O)c1ccc(Cl)cc1Cl)C(N)=S. The average molecular weight is 305 g/mol. The van der Waals surface area contributed by atoms with Gasteiger partial charge < -0.3 is 11.1 Å². The van der Waals surface area contributed by atoms with Crippen LogP contribution in [0.5, 0.6) is 0 Å². The van der Waals surface area contributed by atoms with Gasteiger partial charge >= 0.3 is 0 Å².